The number of ether oxygens (including phenoxy) is 1. The molecule has 0 radical (unpaired) electrons. The Morgan fingerprint density at radius 1 is 1.08 bits per heavy atom. The predicted molar refractivity (Wildman–Crippen MR) is 98.2 cm³/mol. The van der Waals surface area contributed by atoms with E-state index in [1.807, 2.05) is 0 Å². The number of nitrogens with zero attached hydrogens (tertiary/aromatic N) is 1. The van der Waals surface area contributed by atoms with Crippen molar-refractivity contribution in [3.8, 4) is 0 Å². The Labute approximate surface area is 145 Å². The van der Waals surface area contributed by atoms with Crippen LogP contribution >= 0.6 is 0 Å². The monoisotopic (exact) mass is 355 g/mol. The number of unbranched alkanes of at least 4 members (excludes halogenated alkanes) is 1. The summed E-state index contributed by atoms with van der Waals surface area (Å²) in [6, 6.07) is 8.48. The van der Waals surface area contributed by atoms with Gasteiger partial charge in [0.1, 0.15) is 0 Å². The molecule has 0 aliphatic heterocycles. The minimum absolute atomic E-state index is 0.0256. The number of rotatable bonds is 11. The number of benzene rings is 1. The third-order valence-corrected chi connectivity index (χ3v) is 5.12. The van der Waals surface area contributed by atoms with E-state index < -0.39 is 9.84 Å². The van der Waals surface area contributed by atoms with Crippen molar-refractivity contribution in [1.82, 2.24) is 10.6 Å². The van der Waals surface area contributed by atoms with Crippen molar-refractivity contribution in [1.29, 1.82) is 0 Å². The highest BCUT2D eigenvalue weighted by atomic mass is 32.2. The van der Waals surface area contributed by atoms with Crippen molar-refractivity contribution in [3.63, 3.8) is 0 Å². The van der Waals surface area contributed by atoms with E-state index in [0.29, 0.717) is 24.0 Å². The molecule has 1 aromatic rings. The molecule has 0 saturated carbocycles. The van der Waals surface area contributed by atoms with E-state index in [1.165, 1.54) is 0 Å². The number of hydrogen-bond acceptors (Lipinski definition) is 4. The highest BCUT2D eigenvalue weighted by Crippen LogP contribution is 2.09. The summed E-state index contributed by atoms with van der Waals surface area (Å²) in [6.45, 7) is 4.70. The number of aliphatic imine (C=N–C) groups is 1. The average Bonchev–Trinajstić information content (AvgIpc) is 2.60. The summed E-state index contributed by atoms with van der Waals surface area (Å²) in [4.78, 5) is 4.43. The van der Waals surface area contributed by atoms with Gasteiger partial charge < -0.3 is 15.4 Å². The minimum atomic E-state index is -3.27. The highest BCUT2D eigenvalue weighted by Gasteiger charge is 2.13. The molecule has 0 amide bonds. The molecule has 0 saturated heterocycles. The first kappa shape index (κ1) is 20.4. The van der Waals surface area contributed by atoms with Crippen molar-refractivity contribution in [2.24, 2.45) is 4.99 Å². The van der Waals surface area contributed by atoms with Gasteiger partial charge in [-0.3, -0.25) is 4.99 Å². The van der Waals surface area contributed by atoms with Crippen LogP contribution in [0.3, 0.4) is 0 Å². The van der Waals surface area contributed by atoms with Gasteiger partial charge in [-0.25, -0.2) is 8.42 Å². The first-order valence-corrected chi connectivity index (χ1v) is 10.1. The first-order valence-electron chi connectivity index (χ1n) is 8.40. The molecular formula is C17H29N3O3S. The Balaban J connectivity index is 2.22. The molecule has 7 heteroatoms. The van der Waals surface area contributed by atoms with Crippen molar-refractivity contribution in [2.75, 3.05) is 39.1 Å². The number of hydrogen-bond donors (Lipinski definition) is 2. The normalized spacial score (nSPS) is 12.2. The lowest BCUT2D eigenvalue weighted by Gasteiger charge is -2.12. The maximum absolute atomic E-state index is 12.2. The molecule has 1 aromatic carbocycles. The molecule has 24 heavy (non-hydrogen) atoms. The zero-order valence-electron chi connectivity index (χ0n) is 14.6. The van der Waals surface area contributed by atoms with Crippen LogP contribution in [0.5, 0.6) is 0 Å². The van der Waals surface area contributed by atoms with Gasteiger partial charge in [-0.1, -0.05) is 31.5 Å². The molecule has 2 N–H and O–H groups in total. The average molecular weight is 356 g/mol. The van der Waals surface area contributed by atoms with Crippen LogP contribution in [-0.4, -0.2) is 53.5 Å². The van der Waals surface area contributed by atoms with Gasteiger partial charge in [0, 0.05) is 33.4 Å². The molecule has 0 fully saturated rings. The molecule has 0 atom stereocenters. The van der Waals surface area contributed by atoms with Crippen LogP contribution in [-0.2, 0) is 14.6 Å². The van der Waals surface area contributed by atoms with Crippen molar-refractivity contribution in [2.45, 2.75) is 31.1 Å². The molecule has 0 aromatic heterocycles. The molecule has 6 nitrogen and oxygen atoms in total. The zero-order chi connectivity index (χ0) is 17.7. The van der Waals surface area contributed by atoms with Gasteiger partial charge in [-0.05, 0) is 25.0 Å². The molecule has 0 spiro atoms. The van der Waals surface area contributed by atoms with Gasteiger partial charge >= 0.3 is 0 Å². The largest absolute Gasteiger partial charge is 0.381 e. The fraction of sp³-hybridized carbons (Fsp3) is 0.588. The van der Waals surface area contributed by atoms with Crippen LogP contribution in [0.2, 0.25) is 0 Å². The van der Waals surface area contributed by atoms with E-state index in [2.05, 4.69) is 22.5 Å². The molecule has 0 aliphatic rings. The molecular weight excluding hydrogens is 326 g/mol. The van der Waals surface area contributed by atoms with E-state index in [4.69, 9.17) is 4.74 Å². The lowest BCUT2D eigenvalue weighted by Crippen LogP contribution is -2.40. The van der Waals surface area contributed by atoms with Crippen LogP contribution in [0.15, 0.2) is 40.2 Å². The minimum Gasteiger partial charge on any atom is -0.381 e. The molecule has 0 unspecified atom stereocenters. The van der Waals surface area contributed by atoms with Crippen LogP contribution in [0.4, 0.5) is 0 Å². The summed E-state index contributed by atoms with van der Waals surface area (Å²) in [7, 11) is -1.60. The predicted octanol–water partition coefficient (Wildman–Crippen LogP) is 1.83. The molecule has 136 valence electrons. The molecule has 0 heterocycles. The second-order valence-corrected chi connectivity index (χ2v) is 7.49. The lowest BCUT2D eigenvalue weighted by molar-refractivity contribution is 0.129. The standard InChI is InChI=1S/C17H29N3O3S/c1-3-4-13-23-14-8-11-19-17(18-2)20-12-15-24(21,22)16-9-6-5-7-10-16/h5-7,9-10H,3-4,8,11-15H2,1-2H3,(H2,18,19,20). The third kappa shape index (κ3) is 8.31. The summed E-state index contributed by atoms with van der Waals surface area (Å²) < 4.78 is 29.8. The second kappa shape index (κ2) is 11.9. The Morgan fingerprint density at radius 3 is 2.42 bits per heavy atom. The Kier molecular flexibility index (Phi) is 10.1. The summed E-state index contributed by atoms with van der Waals surface area (Å²) in [5.74, 6) is 0.629. The SMILES string of the molecule is CCCCOCCCNC(=NC)NCCS(=O)(=O)c1ccccc1. The van der Waals surface area contributed by atoms with Crippen LogP contribution in [0, 0.1) is 0 Å². The van der Waals surface area contributed by atoms with E-state index in [1.54, 1.807) is 37.4 Å². The number of nitrogens with one attached hydrogen (secondary N) is 2. The van der Waals surface area contributed by atoms with Crippen LogP contribution < -0.4 is 10.6 Å². The second-order valence-electron chi connectivity index (χ2n) is 5.38. The molecule has 0 aliphatic carbocycles. The van der Waals surface area contributed by atoms with Crippen molar-refractivity contribution < 1.29 is 13.2 Å². The van der Waals surface area contributed by atoms with Gasteiger partial charge in [-0.2, -0.15) is 0 Å². The van der Waals surface area contributed by atoms with Gasteiger partial charge in [-0.15, -0.1) is 0 Å². The maximum Gasteiger partial charge on any atom is 0.191 e. The summed E-state index contributed by atoms with van der Waals surface area (Å²) in [6.07, 6.45) is 3.11. The van der Waals surface area contributed by atoms with E-state index in [0.717, 1.165) is 32.4 Å². The van der Waals surface area contributed by atoms with E-state index in [-0.39, 0.29) is 5.75 Å². The summed E-state index contributed by atoms with van der Waals surface area (Å²) in [5, 5.41) is 6.18. The quantitative estimate of drug-likeness (QED) is 0.360. The molecule has 1 rings (SSSR count). The Morgan fingerprint density at radius 2 is 1.75 bits per heavy atom. The van der Waals surface area contributed by atoms with Gasteiger partial charge in [0.15, 0.2) is 15.8 Å². The summed E-state index contributed by atoms with van der Waals surface area (Å²) in [5.41, 5.74) is 0. The van der Waals surface area contributed by atoms with Crippen molar-refractivity contribution >= 4 is 15.8 Å². The van der Waals surface area contributed by atoms with Gasteiger partial charge in [0.05, 0.1) is 10.6 Å². The maximum atomic E-state index is 12.2. The van der Waals surface area contributed by atoms with Crippen molar-refractivity contribution in [3.05, 3.63) is 30.3 Å². The van der Waals surface area contributed by atoms with Crippen LogP contribution in [0.1, 0.15) is 26.2 Å². The fourth-order valence-electron chi connectivity index (χ4n) is 2.00. The fourth-order valence-corrected chi connectivity index (χ4v) is 3.18. The Hall–Kier alpha value is -1.60. The smallest absolute Gasteiger partial charge is 0.191 e. The number of sulfone groups is 1. The topological polar surface area (TPSA) is 79.8 Å². The van der Waals surface area contributed by atoms with Crippen LogP contribution in [0.25, 0.3) is 0 Å². The summed E-state index contributed by atoms with van der Waals surface area (Å²) >= 11 is 0. The molecule has 0 bridgehead atoms. The van der Waals surface area contributed by atoms with Gasteiger partial charge in [0.25, 0.3) is 0 Å². The zero-order valence-corrected chi connectivity index (χ0v) is 15.4. The Bertz CT molecular complexity index is 574. The van der Waals surface area contributed by atoms with E-state index >= 15 is 0 Å². The third-order valence-electron chi connectivity index (χ3n) is 3.39. The lowest BCUT2D eigenvalue weighted by atomic mass is 10.4. The van der Waals surface area contributed by atoms with E-state index in [9.17, 15) is 8.42 Å². The number of guanidine groups is 1. The first-order chi connectivity index (χ1) is 11.6. The highest BCUT2D eigenvalue weighted by molar-refractivity contribution is 7.91. The van der Waals surface area contributed by atoms with Gasteiger partial charge in [0.2, 0.25) is 0 Å².